The number of anilines is 1. The van der Waals surface area contributed by atoms with Crippen molar-refractivity contribution in [1.82, 2.24) is 4.98 Å². The molecule has 0 aliphatic carbocycles. The summed E-state index contributed by atoms with van der Waals surface area (Å²) in [4.78, 5) is 18.2. The van der Waals surface area contributed by atoms with Crippen molar-refractivity contribution in [2.45, 2.75) is 26.8 Å². The Kier molecular flexibility index (Phi) is 3.34. The molecule has 2 aromatic heterocycles. The SMILES string of the molecule is CCc1cc(=O)oc2c(C)c3c(cc12)CN(c1nccs1)CO3. The highest BCUT2D eigenvalue weighted by atomic mass is 32.1. The summed E-state index contributed by atoms with van der Waals surface area (Å²) in [6, 6.07) is 3.66. The topological polar surface area (TPSA) is 55.6 Å². The molecule has 6 heteroatoms. The summed E-state index contributed by atoms with van der Waals surface area (Å²) in [6.07, 6.45) is 2.59. The molecule has 23 heavy (non-hydrogen) atoms. The van der Waals surface area contributed by atoms with Crippen LogP contribution in [0.1, 0.15) is 23.6 Å². The molecule has 0 fully saturated rings. The molecule has 1 aliphatic heterocycles. The van der Waals surface area contributed by atoms with Crippen LogP contribution in [0.15, 0.2) is 32.9 Å². The zero-order chi connectivity index (χ0) is 16.0. The number of benzene rings is 1. The van der Waals surface area contributed by atoms with Gasteiger partial charge in [0.1, 0.15) is 11.3 Å². The number of hydrogen-bond donors (Lipinski definition) is 0. The smallest absolute Gasteiger partial charge is 0.336 e. The van der Waals surface area contributed by atoms with Gasteiger partial charge in [0.15, 0.2) is 11.9 Å². The quantitative estimate of drug-likeness (QED) is 0.674. The zero-order valence-electron chi connectivity index (χ0n) is 13.0. The van der Waals surface area contributed by atoms with Crippen LogP contribution in [0, 0.1) is 6.92 Å². The first-order valence-corrected chi connectivity index (χ1v) is 8.41. The number of ether oxygens (including phenoxy) is 1. The molecule has 5 nitrogen and oxygen atoms in total. The van der Waals surface area contributed by atoms with E-state index in [1.807, 2.05) is 19.2 Å². The Morgan fingerprint density at radius 1 is 1.39 bits per heavy atom. The highest BCUT2D eigenvalue weighted by molar-refractivity contribution is 7.13. The van der Waals surface area contributed by atoms with Crippen molar-refractivity contribution in [3.05, 3.63) is 50.8 Å². The van der Waals surface area contributed by atoms with Gasteiger partial charge in [-0.3, -0.25) is 0 Å². The van der Waals surface area contributed by atoms with E-state index in [4.69, 9.17) is 9.15 Å². The van der Waals surface area contributed by atoms with Crippen LogP contribution in [0.4, 0.5) is 5.13 Å². The maximum Gasteiger partial charge on any atom is 0.336 e. The van der Waals surface area contributed by atoms with Crippen LogP contribution in [0.5, 0.6) is 5.75 Å². The highest BCUT2D eigenvalue weighted by Crippen LogP contribution is 2.37. The van der Waals surface area contributed by atoms with Gasteiger partial charge in [0, 0.05) is 34.2 Å². The number of aromatic nitrogens is 1. The average Bonchev–Trinajstić information content (AvgIpc) is 3.09. The van der Waals surface area contributed by atoms with Gasteiger partial charge in [0.05, 0.1) is 6.54 Å². The average molecular weight is 328 g/mol. The molecular weight excluding hydrogens is 312 g/mol. The maximum absolute atomic E-state index is 11.8. The number of thiazole rings is 1. The van der Waals surface area contributed by atoms with E-state index in [0.717, 1.165) is 45.9 Å². The van der Waals surface area contributed by atoms with Gasteiger partial charge in [-0.1, -0.05) is 6.92 Å². The molecule has 1 aliphatic rings. The monoisotopic (exact) mass is 328 g/mol. The van der Waals surface area contributed by atoms with E-state index < -0.39 is 0 Å². The second kappa shape index (κ2) is 5.38. The minimum Gasteiger partial charge on any atom is -0.472 e. The molecule has 3 aromatic rings. The fourth-order valence-electron chi connectivity index (χ4n) is 3.07. The molecular formula is C17H16N2O3S. The van der Waals surface area contributed by atoms with Crippen LogP contribution in [-0.4, -0.2) is 11.7 Å². The lowest BCUT2D eigenvalue weighted by atomic mass is 10.00. The van der Waals surface area contributed by atoms with E-state index in [9.17, 15) is 4.79 Å². The number of nitrogens with zero attached hydrogens (tertiary/aromatic N) is 2. The second-order valence-electron chi connectivity index (χ2n) is 5.60. The van der Waals surface area contributed by atoms with Crippen LogP contribution in [0.2, 0.25) is 0 Å². The van der Waals surface area contributed by atoms with Crippen molar-refractivity contribution in [1.29, 1.82) is 0 Å². The fraction of sp³-hybridized carbons (Fsp3) is 0.294. The Balaban J connectivity index is 1.88. The van der Waals surface area contributed by atoms with E-state index in [-0.39, 0.29) is 5.63 Å². The first-order valence-electron chi connectivity index (χ1n) is 7.54. The Bertz CT molecular complexity index is 931. The normalized spacial score (nSPS) is 13.9. The van der Waals surface area contributed by atoms with Gasteiger partial charge in [-0.15, -0.1) is 11.3 Å². The van der Waals surface area contributed by atoms with Crippen molar-refractivity contribution >= 4 is 27.4 Å². The van der Waals surface area contributed by atoms with Crippen molar-refractivity contribution in [2.24, 2.45) is 0 Å². The van der Waals surface area contributed by atoms with Crippen LogP contribution in [-0.2, 0) is 13.0 Å². The van der Waals surface area contributed by atoms with Crippen molar-refractivity contribution in [2.75, 3.05) is 11.6 Å². The Morgan fingerprint density at radius 3 is 3.00 bits per heavy atom. The lowest BCUT2D eigenvalue weighted by molar-refractivity contribution is 0.287. The van der Waals surface area contributed by atoms with Crippen molar-refractivity contribution < 1.29 is 9.15 Å². The van der Waals surface area contributed by atoms with Gasteiger partial charge in [-0.2, -0.15) is 0 Å². The molecule has 0 unspecified atom stereocenters. The third kappa shape index (κ3) is 2.30. The molecule has 0 spiro atoms. The lowest BCUT2D eigenvalue weighted by Crippen LogP contribution is -2.32. The molecule has 0 amide bonds. The standard InChI is InChI=1S/C17H16N2O3S/c1-3-11-7-14(20)22-16-10(2)15-12(6-13(11)16)8-19(9-21-15)17-18-4-5-23-17/h4-7H,3,8-9H2,1-2H3. The molecule has 118 valence electrons. The van der Waals surface area contributed by atoms with Crippen LogP contribution in [0.25, 0.3) is 11.0 Å². The molecule has 0 saturated carbocycles. The summed E-state index contributed by atoms with van der Waals surface area (Å²) in [5.74, 6) is 0.821. The van der Waals surface area contributed by atoms with Crippen molar-refractivity contribution in [3.63, 3.8) is 0 Å². The zero-order valence-corrected chi connectivity index (χ0v) is 13.8. The minimum atomic E-state index is -0.308. The summed E-state index contributed by atoms with van der Waals surface area (Å²) in [7, 11) is 0. The number of aryl methyl sites for hydroxylation is 2. The van der Waals surface area contributed by atoms with E-state index in [1.165, 1.54) is 0 Å². The van der Waals surface area contributed by atoms with Crippen LogP contribution < -0.4 is 15.3 Å². The summed E-state index contributed by atoms with van der Waals surface area (Å²) in [6.45, 7) is 5.18. The van der Waals surface area contributed by atoms with Gasteiger partial charge in [-0.25, -0.2) is 9.78 Å². The summed E-state index contributed by atoms with van der Waals surface area (Å²) < 4.78 is 11.4. The summed E-state index contributed by atoms with van der Waals surface area (Å²) in [5.41, 5.74) is 3.32. The van der Waals surface area contributed by atoms with E-state index >= 15 is 0 Å². The van der Waals surface area contributed by atoms with E-state index in [1.54, 1.807) is 23.6 Å². The fourth-order valence-corrected chi connectivity index (χ4v) is 3.70. The molecule has 0 saturated heterocycles. The Morgan fingerprint density at radius 2 is 2.26 bits per heavy atom. The molecule has 1 aromatic carbocycles. The van der Waals surface area contributed by atoms with Gasteiger partial charge >= 0.3 is 5.63 Å². The third-order valence-corrected chi connectivity index (χ3v) is 5.01. The van der Waals surface area contributed by atoms with Gasteiger partial charge in [0.25, 0.3) is 0 Å². The molecule has 0 radical (unpaired) electrons. The molecule has 0 N–H and O–H groups in total. The largest absolute Gasteiger partial charge is 0.472 e. The second-order valence-corrected chi connectivity index (χ2v) is 6.47. The molecule has 0 atom stereocenters. The summed E-state index contributed by atoms with van der Waals surface area (Å²) in [5, 5.41) is 3.90. The van der Waals surface area contributed by atoms with Gasteiger partial charge in [0.2, 0.25) is 0 Å². The first kappa shape index (κ1) is 14.3. The van der Waals surface area contributed by atoms with Gasteiger partial charge in [-0.05, 0) is 25.0 Å². The molecule has 0 bridgehead atoms. The van der Waals surface area contributed by atoms with Crippen molar-refractivity contribution in [3.8, 4) is 5.75 Å². The van der Waals surface area contributed by atoms with Crippen LogP contribution in [0.3, 0.4) is 0 Å². The van der Waals surface area contributed by atoms with E-state index in [0.29, 0.717) is 12.3 Å². The minimum absolute atomic E-state index is 0.308. The predicted molar refractivity (Wildman–Crippen MR) is 90.4 cm³/mol. The highest BCUT2D eigenvalue weighted by Gasteiger charge is 2.24. The molecule has 4 rings (SSSR count). The number of fused-ring (bicyclic) bond motifs is 2. The van der Waals surface area contributed by atoms with Crippen LogP contribution >= 0.6 is 11.3 Å². The maximum atomic E-state index is 11.8. The predicted octanol–water partition coefficient (Wildman–Crippen LogP) is 3.48. The third-order valence-electron chi connectivity index (χ3n) is 4.17. The summed E-state index contributed by atoms with van der Waals surface area (Å²) >= 11 is 1.60. The van der Waals surface area contributed by atoms with E-state index in [2.05, 4.69) is 16.0 Å². The lowest BCUT2D eigenvalue weighted by Gasteiger charge is -2.30. The Hall–Kier alpha value is -2.34. The molecule has 3 heterocycles. The number of rotatable bonds is 2. The Labute approximate surface area is 137 Å². The van der Waals surface area contributed by atoms with Gasteiger partial charge < -0.3 is 14.1 Å². The number of hydrogen-bond acceptors (Lipinski definition) is 6. The first-order chi connectivity index (χ1) is 11.2.